The summed E-state index contributed by atoms with van der Waals surface area (Å²) in [6, 6.07) is 15.9. The Balaban J connectivity index is 1.54. The average Bonchev–Trinajstić information content (AvgIpc) is 2.66. The number of hydrogen-bond donors (Lipinski definition) is 1. The lowest BCUT2D eigenvalue weighted by atomic mass is 10.1. The number of nitrogens with one attached hydrogen (secondary N) is 1. The van der Waals surface area contributed by atoms with E-state index in [1.807, 2.05) is 50.2 Å². The molecule has 2 unspecified atom stereocenters. The van der Waals surface area contributed by atoms with Gasteiger partial charge in [0.1, 0.15) is 13.2 Å². The van der Waals surface area contributed by atoms with Gasteiger partial charge in [0.2, 0.25) is 5.91 Å². The van der Waals surface area contributed by atoms with Crippen molar-refractivity contribution in [3.63, 3.8) is 0 Å². The lowest BCUT2D eigenvalue weighted by molar-refractivity contribution is -0.120. The van der Waals surface area contributed by atoms with Crippen LogP contribution in [0.15, 0.2) is 48.5 Å². The Morgan fingerprint density at radius 1 is 1.08 bits per heavy atom. The van der Waals surface area contributed by atoms with Gasteiger partial charge in [-0.2, -0.15) is 0 Å². The first-order valence-corrected chi connectivity index (χ1v) is 9.54. The van der Waals surface area contributed by atoms with Crippen LogP contribution in [0.1, 0.15) is 31.0 Å². The topological polar surface area (TPSA) is 47.6 Å². The summed E-state index contributed by atoms with van der Waals surface area (Å²) in [6.45, 7) is 5.07. The Morgan fingerprint density at radius 2 is 1.80 bits per heavy atom. The fraction of sp³-hybridized carbons (Fsp3) is 0.350. The molecule has 2 atom stereocenters. The van der Waals surface area contributed by atoms with Crippen molar-refractivity contribution in [2.75, 3.05) is 13.2 Å². The molecule has 0 aliphatic carbocycles. The maximum atomic E-state index is 12.4. The molecule has 0 bridgehead atoms. The number of ether oxygens (including phenoxy) is 2. The fourth-order valence-electron chi connectivity index (χ4n) is 2.61. The van der Waals surface area contributed by atoms with Crippen LogP contribution >= 0.6 is 11.8 Å². The van der Waals surface area contributed by atoms with Gasteiger partial charge in [-0.15, -0.1) is 11.8 Å². The Bertz CT molecular complexity index is 720. The van der Waals surface area contributed by atoms with Gasteiger partial charge in [0, 0.05) is 5.75 Å². The van der Waals surface area contributed by atoms with Crippen LogP contribution in [0.3, 0.4) is 0 Å². The molecule has 5 heteroatoms. The largest absolute Gasteiger partial charge is 0.486 e. The average molecular weight is 357 g/mol. The number of carbonyl (C=O) groups excluding carboxylic acids is 1. The first-order valence-electron chi connectivity index (χ1n) is 8.49. The molecule has 25 heavy (non-hydrogen) atoms. The fourth-order valence-corrected chi connectivity index (χ4v) is 3.47. The minimum Gasteiger partial charge on any atom is -0.486 e. The zero-order chi connectivity index (χ0) is 17.6. The quantitative estimate of drug-likeness (QED) is 0.850. The molecule has 3 rings (SSSR count). The molecule has 1 N–H and O–H groups in total. The third-order valence-electron chi connectivity index (χ3n) is 4.14. The van der Waals surface area contributed by atoms with Crippen molar-refractivity contribution in [3.8, 4) is 11.5 Å². The van der Waals surface area contributed by atoms with Crippen molar-refractivity contribution >= 4 is 17.7 Å². The third-order valence-corrected chi connectivity index (χ3v) is 5.35. The van der Waals surface area contributed by atoms with Crippen LogP contribution in [-0.4, -0.2) is 24.4 Å². The molecule has 4 nitrogen and oxygen atoms in total. The molecule has 0 saturated heterocycles. The smallest absolute Gasteiger partial charge is 0.233 e. The summed E-state index contributed by atoms with van der Waals surface area (Å²) in [6.07, 6.45) is 0. The van der Waals surface area contributed by atoms with Gasteiger partial charge in [-0.05, 0) is 37.1 Å². The van der Waals surface area contributed by atoms with E-state index in [-0.39, 0.29) is 17.2 Å². The number of carbonyl (C=O) groups is 1. The molecule has 0 spiro atoms. The molecule has 2 aromatic rings. The maximum Gasteiger partial charge on any atom is 0.233 e. The van der Waals surface area contributed by atoms with Crippen molar-refractivity contribution in [1.29, 1.82) is 0 Å². The summed E-state index contributed by atoms with van der Waals surface area (Å²) in [5.74, 6) is 2.38. The molecule has 1 amide bonds. The normalized spacial score (nSPS) is 15.3. The standard InChI is InChI=1S/C20H23NO3S/c1-14(17-8-9-18-19(12-17)24-11-10-23-18)21-20(22)15(2)25-13-16-6-4-3-5-7-16/h3-9,12,14-15H,10-11,13H2,1-2H3,(H,21,22). The zero-order valence-electron chi connectivity index (χ0n) is 14.5. The molecule has 0 fully saturated rings. The Morgan fingerprint density at radius 3 is 2.56 bits per heavy atom. The zero-order valence-corrected chi connectivity index (χ0v) is 15.3. The van der Waals surface area contributed by atoms with Gasteiger partial charge >= 0.3 is 0 Å². The molecule has 2 aromatic carbocycles. The molecule has 0 aromatic heterocycles. The molecule has 132 valence electrons. The monoisotopic (exact) mass is 357 g/mol. The highest BCUT2D eigenvalue weighted by atomic mass is 32.2. The highest BCUT2D eigenvalue weighted by Gasteiger charge is 2.19. The van der Waals surface area contributed by atoms with E-state index in [0.717, 1.165) is 22.8 Å². The van der Waals surface area contributed by atoms with E-state index in [1.165, 1.54) is 5.56 Å². The predicted octanol–water partition coefficient (Wildman–Crippen LogP) is 3.96. The molecule has 0 saturated carbocycles. The first kappa shape index (κ1) is 17.7. The van der Waals surface area contributed by atoms with Crippen LogP contribution < -0.4 is 14.8 Å². The minimum atomic E-state index is -0.111. The van der Waals surface area contributed by atoms with E-state index in [0.29, 0.717) is 13.2 Å². The molecular weight excluding hydrogens is 334 g/mol. The molecule has 0 radical (unpaired) electrons. The van der Waals surface area contributed by atoms with E-state index < -0.39 is 0 Å². The van der Waals surface area contributed by atoms with Crippen LogP contribution in [0.25, 0.3) is 0 Å². The van der Waals surface area contributed by atoms with Crippen LogP contribution in [0.2, 0.25) is 0 Å². The van der Waals surface area contributed by atoms with E-state index >= 15 is 0 Å². The van der Waals surface area contributed by atoms with Crippen LogP contribution in [0, 0.1) is 0 Å². The summed E-state index contributed by atoms with van der Waals surface area (Å²) in [5, 5.41) is 2.97. The lowest BCUT2D eigenvalue weighted by Gasteiger charge is -2.22. The van der Waals surface area contributed by atoms with Gasteiger partial charge in [-0.25, -0.2) is 0 Å². The SMILES string of the molecule is CC(SCc1ccccc1)C(=O)NC(C)c1ccc2c(c1)OCCO2. The molecule has 1 aliphatic rings. The minimum absolute atomic E-state index is 0.0447. The first-order chi connectivity index (χ1) is 12.1. The summed E-state index contributed by atoms with van der Waals surface area (Å²) in [7, 11) is 0. The van der Waals surface area contributed by atoms with Crippen LogP contribution in [-0.2, 0) is 10.5 Å². The van der Waals surface area contributed by atoms with Gasteiger partial charge in [0.05, 0.1) is 11.3 Å². The number of amides is 1. The summed E-state index contributed by atoms with van der Waals surface area (Å²) < 4.78 is 11.1. The second-order valence-electron chi connectivity index (χ2n) is 6.07. The Labute approximate surface area is 152 Å². The highest BCUT2D eigenvalue weighted by Crippen LogP contribution is 2.32. The van der Waals surface area contributed by atoms with Gasteiger partial charge in [-0.3, -0.25) is 4.79 Å². The molecular formula is C20H23NO3S. The van der Waals surface area contributed by atoms with E-state index in [4.69, 9.17) is 9.47 Å². The van der Waals surface area contributed by atoms with Gasteiger partial charge in [-0.1, -0.05) is 36.4 Å². The number of hydrogen-bond acceptors (Lipinski definition) is 4. The second kappa shape index (κ2) is 8.30. The summed E-state index contributed by atoms with van der Waals surface area (Å²) >= 11 is 1.64. The van der Waals surface area contributed by atoms with Crippen LogP contribution in [0.4, 0.5) is 0 Å². The number of rotatable bonds is 6. The Hall–Kier alpha value is -2.14. The van der Waals surface area contributed by atoms with E-state index in [1.54, 1.807) is 11.8 Å². The number of thioether (sulfide) groups is 1. The lowest BCUT2D eigenvalue weighted by Crippen LogP contribution is -2.33. The molecule has 1 aliphatic heterocycles. The highest BCUT2D eigenvalue weighted by molar-refractivity contribution is 7.99. The third kappa shape index (κ3) is 4.69. The van der Waals surface area contributed by atoms with Gasteiger partial charge < -0.3 is 14.8 Å². The Kier molecular flexibility index (Phi) is 5.87. The van der Waals surface area contributed by atoms with Crippen molar-refractivity contribution in [3.05, 3.63) is 59.7 Å². The van der Waals surface area contributed by atoms with E-state index in [2.05, 4.69) is 17.4 Å². The van der Waals surface area contributed by atoms with Crippen molar-refractivity contribution in [2.45, 2.75) is 30.9 Å². The second-order valence-corrected chi connectivity index (χ2v) is 7.40. The van der Waals surface area contributed by atoms with Gasteiger partial charge in [0.25, 0.3) is 0 Å². The van der Waals surface area contributed by atoms with Crippen molar-refractivity contribution in [1.82, 2.24) is 5.32 Å². The summed E-state index contributed by atoms with van der Waals surface area (Å²) in [4.78, 5) is 12.4. The summed E-state index contributed by atoms with van der Waals surface area (Å²) in [5.41, 5.74) is 2.24. The molecule has 1 heterocycles. The van der Waals surface area contributed by atoms with E-state index in [9.17, 15) is 4.79 Å². The van der Waals surface area contributed by atoms with Crippen molar-refractivity contribution in [2.24, 2.45) is 0 Å². The van der Waals surface area contributed by atoms with Gasteiger partial charge in [0.15, 0.2) is 11.5 Å². The number of fused-ring (bicyclic) bond motifs is 1. The maximum absolute atomic E-state index is 12.4. The number of benzene rings is 2. The van der Waals surface area contributed by atoms with Crippen molar-refractivity contribution < 1.29 is 14.3 Å². The van der Waals surface area contributed by atoms with Crippen LogP contribution in [0.5, 0.6) is 11.5 Å². The predicted molar refractivity (Wildman–Crippen MR) is 101 cm³/mol.